The minimum Gasteiger partial charge on any atom is -0.484 e. The van der Waals surface area contributed by atoms with Gasteiger partial charge in [0.25, 0.3) is 11.6 Å². The Labute approximate surface area is 151 Å². The van der Waals surface area contributed by atoms with Crippen LogP contribution < -0.4 is 10.1 Å². The number of benzene rings is 2. The molecule has 1 saturated heterocycles. The van der Waals surface area contributed by atoms with E-state index in [1.807, 2.05) is 25.2 Å². The Morgan fingerprint density at radius 2 is 1.88 bits per heavy atom. The highest BCUT2D eigenvalue weighted by Gasteiger charge is 2.32. The molecule has 1 aliphatic rings. The number of hydrogen-bond acceptors (Lipinski definition) is 5. The van der Waals surface area contributed by atoms with E-state index >= 15 is 0 Å². The number of ether oxygens (including phenoxy) is 1. The molecule has 26 heavy (non-hydrogen) atoms. The van der Waals surface area contributed by atoms with Gasteiger partial charge in [0, 0.05) is 37.2 Å². The summed E-state index contributed by atoms with van der Waals surface area (Å²) in [5, 5.41) is 13.7. The van der Waals surface area contributed by atoms with Gasteiger partial charge in [0.1, 0.15) is 5.75 Å². The molecule has 1 fully saturated rings. The topological polar surface area (TPSA) is 84.7 Å². The molecular formula is C19H21N3O4. The number of non-ortho nitro benzene ring substituents is 1. The summed E-state index contributed by atoms with van der Waals surface area (Å²) in [6, 6.07) is 15.9. The van der Waals surface area contributed by atoms with Gasteiger partial charge < -0.3 is 15.0 Å². The smallest absolute Gasteiger partial charge is 0.269 e. The van der Waals surface area contributed by atoms with Crippen LogP contribution in [-0.4, -0.2) is 48.5 Å². The van der Waals surface area contributed by atoms with Crippen molar-refractivity contribution < 1.29 is 14.5 Å². The van der Waals surface area contributed by atoms with Crippen LogP contribution in [0, 0.1) is 10.1 Å². The average molecular weight is 355 g/mol. The van der Waals surface area contributed by atoms with E-state index in [9.17, 15) is 14.9 Å². The molecule has 7 nitrogen and oxygen atoms in total. The highest BCUT2D eigenvalue weighted by atomic mass is 16.6. The number of rotatable bonds is 6. The largest absolute Gasteiger partial charge is 0.484 e. The predicted molar refractivity (Wildman–Crippen MR) is 97.2 cm³/mol. The molecule has 0 aromatic heterocycles. The molecule has 2 aromatic rings. The van der Waals surface area contributed by atoms with Crippen LogP contribution in [0.5, 0.6) is 5.75 Å². The normalized spacial score (nSPS) is 19.9. The molecule has 3 rings (SSSR count). The molecule has 0 bridgehead atoms. The van der Waals surface area contributed by atoms with Crippen molar-refractivity contribution in [1.82, 2.24) is 10.2 Å². The molecule has 1 N–H and O–H groups in total. The fourth-order valence-corrected chi connectivity index (χ4v) is 3.25. The van der Waals surface area contributed by atoms with E-state index in [0.29, 0.717) is 5.75 Å². The number of likely N-dealkylation sites (N-methyl/N-ethyl adjacent to an activating group) is 1. The average Bonchev–Trinajstić information content (AvgIpc) is 3.01. The first-order valence-electron chi connectivity index (χ1n) is 8.43. The van der Waals surface area contributed by atoms with E-state index in [2.05, 4.69) is 22.3 Å². The maximum absolute atomic E-state index is 12.3. The second kappa shape index (κ2) is 7.97. The number of nitrogens with zero attached hydrogens (tertiary/aromatic N) is 2. The Balaban J connectivity index is 1.56. The summed E-state index contributed by atoms with van der Waals surface area (Å²) in [6.07, 6.45) is 0. The van der Waals surface area contributed by atoms with Crippen LogP contribution in [0.4, 0.5) is 5.69 Å². The maximum Gasteiger partial charge on any atom is 0.269 e. The molecular weight excluding hydrogens is 334 g/mol. The number of carbonyl (C=O) groups is 1. The summed E-state index contributed by atoms with van der Waals surface area (Å²) >= 11 is 0. The molecule has 2 unspecified atom stereocenters. The Morgan fingerprint density at radius 3 is 2.54 bits per heavy atom. The first-order valence-corrected chi connectivity index (χ1v) is 8.43. The fraction of sp³-hybridized carbons (Fsp3) is 0.316. The quantitative estimate of drug-likeness (QED) is 0.634. The Morgan fingerprint density at radius 1 is 1.19 bits per heavy atom. The highest BCUT2D eigenvalue weighted by molar-refractivity contribution is 5.78. The molecule has 7 heteroatoms. The van der Waals surface area contributed by atoms with Crippen LogP contribution in [0.1, 0.15) is 11.5 Å². The first-order chi connectivity index (χ1) is 12.5. The summed E-state index contributed by atoms with van der Waals surface area (Å²) in [5.74, 6) is 0.461. The molecule has 2 atom stereocenters. The molecule has 2 aromatic carbocycles. The van der Waals surface area contributed by atoms with Crippen molar-refractivity contribution in [3.05, 3.63) is 70.3 Å². The van der Waals surface area contributed by atoms with E-state index in [-0.39, 0.29) is 30.2 Å². The second-order valence-corrected chi connectivity index (χ2v) is 6.45. The van der Waals surface area contributed by atoms with Gasteiger partial charge in [-0.3, -0.25) is 14.9 Å². The summed E-state index contributed by atoms with van der Waals surface area (Å²) in [6.45, 7) is 1.54. The van der Waals surface area contributed by atoms with E-state index < -0.39 is 4.92 Å². The van der Waals surface area contributed by atoms with Gasteiger partial charge in [0.2, 0.25) is 0 Å². The number of carbonyl (C=O) groups excluding carboxylic acids is 1. The third-order valence-corrected chi connectivity index (χ3v) is 4.49. The molecule has 0 spiro atoms. The number of nitro benzene ring substituents is 1. The lowest BCUT2D eigenvalue weighted by Gasteiger charge is -2.20. The highest BCUT2D eigenvalue weighted by Crippen LogP contribution is 2.26. The number of nitro groups is 1. The summed E-state index contributed by atoms with van der Waals surface area (Å²) in [4.78, 5) is 24.6. The Bertz CT molecular complexity index is 764. The zero-order valence-corrected chi connectivity index (χ0v) is 14.5. The summed E-state index contributed by atoms with van der Waals surface area (Å²) < 4.78 is 5.43. The molecule has 1 amide bonds. The van der Waals surface area contributed by atoms with Gasteiger partial charge in [0.05, 0.1) is 4.92 Å². The first kappa shape index (κ1) is 17.9. The van der Waals surface area contributed by atoms with Gasteiger partial charge in [-0.1, -0.05) is 30.3 Å². The Hall–Kier alpha value is -2.93. The van der Waals surface area contributed by atoms with Gasteiger partial charge >= 0.3 is 0 Å². The van der Waals surface area contributed by atoms with Crippen molar-refractivity contribution in [2.24, 2.45) is 0 Å². The van der Waals surface area contributed by atoms with Gasteiger partial charge in [-0.05, 0) is 24.7 Å². The molecule has 1 heterocycles. The summed E-state index contributed by atoms with van der Waals surface area (Å²) in [7, 11) is 2.04. The zero-order valence-electron chi connectivity index (χ0n) is 14.5. The molecule has 0 aliphatic carbocycles. The minimum atomic E-state index is -0.475. The second-order valence-electron chi connectivity index (χ2n) is 6.45. The van der Waals surface area contributed by atoms with Gasteiger partial charge in [-0.25, -0.2) is 0 Å². The standard InChI is InChI=1S/C19H21N3O4/c1-21-11-17(14-5-3-2-4-6-14)18(12-21)20-19(23)13-26-16-9-7-15(8-10-16)22(24)25/h2-10,17-18H,11-13H2,1H3,(H,20,23). The van der Waals surface area contributed by atoms with E-state index in [1.54, 1.807) is 0 Å². The van der Waals surface area contributed by atoms with Gasteiger partial charge in [0.15, 0.2) is 6.61 Å². The van der Waals surface area contributed by atoms with Crippen molar-refractivity contribution in [2.75, 3.05) is 26.7 Å². The van der Waals surface area contributed by atoms with Gasteiger partial charge in [-0.15, -0.1) is 0 Å². The number of likely N-dealkylation sites (tertiary alicyclic amines) is 1. The SMILES string of the molecule is CN1CC(NC(=O)COc2ccc([N+](=O)[O-])cc2)C(c2ccccc2)C1. The molecule has 0 radical (unpaired) electrons. The number of hydrogen-bond donors (Lipinski definition) is 1. The lowest BCUT2D eigenvalue weighted by Crippen LogP contribution is -2.41. The predicted octanol–water partition coefficient (Wildman–Crippen LogP) is 2.19. The van der Waals surface area contributed by atoms with Crippen molar-refractivity contribution >= 4 is 11.6 Å². The monoisotopic (exact) mass is 355 g/mol. The Kier molecular flexibility index (Phi) is 5.48. The fourth-order valence-electron chi connectivity index (χ4n) is 3.25. The molecule has 0 saturated carbocycles. The molecule has 136 valence electrons. The summed E-state index contributed by atoms with van der Waals surface area (Å²) in [5.41, 5.74) is 1.19. The number of amides is 1. The van der Waals surface area contributed by atoms with E-state index in [0.717, 1.165) is 13.1 Å². The van der Waals surface area contributed by atoms with Crippen LogP contribution in [0.3, 0.4) is 0 Å². The minimum absolute atomic E-state index is 0.0125. The van der Waals surface area contributed by atoms with Crippen LogP contribution in [0.2, 0.25) is 0 Å². The van der Waals surface area contributed by atoms with Crippen molar-refractivity contribution in [1.29, 1.82) is 0 Å². The lowest BCUT2D eigenvalue weighted by molar-refractivity contribution is -0.384. The van der Waals surface area contributed by atoms with Crippen molar-refractivity contribution in [3.8, 4) is 5.75 Å². The van der Waals surface area contributed by atoms with E-state index in [4.69, 9.17) is 4.74 Å². The third kappa shape index (κ3) is 4.37. The van der Waals surface area contributed by atoms with Crippen molar-refractivity contribution in [3.63, 3.8) is 0 Å². The lowest BCUT2D eigenvalue weighted by atomic mass is 9.94. The zero-order chi connectivity index (χ0) is 18.5. The van der Waals surface area contributed by atoms with Gasteiger partial charge in [-0.2, -0.15) is 0 Å². The molecule has 1 aliphatic heterocycles. The van der Waals surface area contributed by atoms with Crippen LogP contribution >= 0.6 is 0 Å². The number of nitrogens with one attached hydrogen (secondary N) is 1. The van der Waals surface area contributed by atoms with E-state index in [1.165, 1.54) is 29.8 Å². The third-order valence-electron chi connectivity index (χ3n) is 4.49. The van der Waals surface area contributed by atoms with Crippen LogP contribution in [0.25, 0.3) is 0 Å². The van der Waals surface area contributed by atoms with Crippen LogP contribution in [0.15, 0.2) is 54.6 Å². The van der Waals surface area contributed by atoms with Crippen molar-refractivity contribution in [2.45, 2.75) is 12.0 Å². The maximum atomic E-state index is 12.3. The van der Waals surface area contributed by atoms with Crippen LogP contribution in [-0.2, 0) is 4.79 Å².